The lowest BCUT2D eigenvalue weighted by molar-refractivity contribution is -0.137. The van der Waals surface area contributed by atoms with Gasteiger partial charge in [0.2, 0.25) is 0 Å². The first-order valence-corrected chi connectivity index (χ1v) is 6.43. The van der Waals surface area contributed by atoms with Crippen molar-refractivity contribution in [3.63, 3.8) is 0 Å². The van der Waals surface area contributed by atoms with Gasteiger partial charge in [-0.2, -0.15) is 13.2 Å². The average Bonchev–Trinajstić information content (AvgIpc) is 2.32. The van der Waals surface area contributed by atoms with Gasteiger partial charge in [0.25, 0.3) is 0 Å². The quantitative estimate of drug-likeness (QED) is 0.842. The monoisotopic (exact) mass is 345 g/mol. The summed E-state index contributed by atoms with van der Waals surface area (Å²) >= 11 is 3.35. The van der Waals surface area contributed by atoms with Gasteiger partial charge in [-0.25, -0.2) is 4.98 Å². The number of aromatic nitrogens is 1. The molecule has 0 atom stereocenters. The van der Waals surface area contributed by atoms with Crippen LogP contribution in [0, 0.1) is 6.92 Å². The van der Waals surface area contributed by atoms with E-state index in [1.807, 2.05) is 13.0 Å². The highest BCUT2D eigenvalue weighted by Crippen LogP contribution is 2.32. The first kappa shape index (κ1) is 14.6. The normalized spacial score (nSPS) is 11.4. The van der Waals surface area contributed by atoms with E-state index in [9.17, 15) is 13.2 Å². The van der Waals surface area contributed by atoms with Crippen molar-refractivity contribution in [3.05, 3.63) is 45.9 Å². The van der Waals surface area contributed by atoms with Crippen LogP contribution in [0.25, 0.3) is 0 Å². The second-order valence-electron chi connectivity index (χ2n) is 4.25. The molecule has 0 aliphatic carbocycles. The fourth-order valence-corrected chi connectivity index (χ4v) is 1.98. The lowest BCUT2D eigenvalue weighted by Crippen LogP contribution is -2.08. The lowest BCUT2D eigenvalue weighted by Gasteiger charge is -2.12. The number of benzene rings is 1. The Morgan fingerprint density at radius 1 is 1.20 bits per heavy atom. The van der Waals surface area contributed by atoms with Gasteiger partial charge in [0, 0.05) is 10.2 Å². The topological polar surface area (TPSA) is 50.9 Å². The molecule has 0 unspecified atom stereocenters. The molecule has 1 aromatic carbocycles. The number of aryl methyl sites for hydroxylation is 1. The Morgan fingerprint density at radius 3 is 2.50 bits per heavy atom. The summed E-state index contributed by atoms with van der Waals surface area (Å²) in [6.07, 6.45) is -4.46. The third-order valence-electron chi connectivity index (χ3n) is 2.62. The molecule has 0 radical (unpaired) electrons. The van der Waals surface area contributed by atoms with Gasteiger partial charge in [-0.1, -0.05) is 22.0 Å². The van der Waals surface area contributed by atoms with Crippen LogP contribution in [-0.4, -0.2) is 4.98 Å². The zero-order valence-electron chi connectivity index (χ0n) is 10.4. The molecule has 0 bridgehead atoms. The minimum atomic E-state index is -4.46. The Hall–Kier alpha value is -1.76. The Labute approximate surface area is 122 Å². The summed E-state index contributed by atoms with van der Waals surface area (Å²) in [5, 5.41) is 2.80. The minimum absolute atomic E-state index is 0.0491. The third-order valence-corrected chi connectivity index (χ3v) is 3.47. The second kappa shape index (κ2) is 5.32. The average molecular weight is 346 g/mol. The number of nitrogen functional groups attached to an aromatic ring is 1. The van der Waals surface area contributed by atoms with Gasteiger partial charge < -0.3 is 11.1 Å². The predicted molar refractivity (Wildman–Crippen MR) is 75.8 cm³/mol. The molecule has 3 N–H and O–H groups in total. The Balaban J connectivity index is 2.33. The summed E-state index contributed by atoms with van der Waals surface area (Å²) in [5.74, 6) is -0.137. The number of pyridine rings is 1. The maximum atomic E-state index is 12.7. The molecule has 0 amide bonds. The Morgan fingerprint density at radius 2 is 1.90 bits per heavy atom. The number of nitrogens with two attached hydrogens (primary N) is 1. The first-order valence-electron chi connectivity index (χ1n) is 5.63. The highest BCUT2D eigenvalue weighted by Gasteiger charge is 2.31. The third kappa shape index (κ3) is 3.41. The summed E-state index contributed by atoms with van der Waals surface area (Å²) in [6, 6.07) is 7.06. The molecule has 2 rings (SSSR count). The van der Waals surface area contributed by atoms with Crippen molar-refractivity contribution in [1.29, 1.82) is 0 Å². The fourth-order valence-electron chi connectivity index (χ4n) is 1.60. The van der Waals surface area contributed by atoms with Crippen molar-refractivity contribution >= 4 is 33.3 Å². The van der Waals surface area contributed by atoms with Crippen LogP contribution >= 0.6 is 15.9 Å². The molecule has 1 heterocycles. The molecule has 7 heteroatoms. The van der Waals surface area contributed by atoms with Crippen LogP contribution in [0.5, 0.6) is 0 Å². The predicted octanol–water partition coefficient (Wildman–Crippen LogP) is 4.50. The van der Waals surface area contributed by atoms with E-state index in [2.05, 4.69) is 26.2 Å². The molecule has 0 saturated carbocycles. The van der Waals surface area contributed by atoms with Gasteiger partial charge in [0.05, 0.1) is 5.56 Å². The zero-order chi connectivity index (χ0) is 14.9. The van der Waals surface area contributed by atoms with Gasteiger partial charge in [0.15, 0.2) is 0 Å². The smallest absolute Gasteiger partial charge is 0.384 e. The summed E-state index contributed by atoms with van der Waals surface area (Å²) in [6.45, 7) is 1.91. The van der Waals surface area contributed by atoms with Crippen molar-refractivity contribution in [2.24, 2.45) is 0 Å². The van der Waals surface area contributed by atoms with Crippen LogP contribution < -0.4 is 11.1 Å². The maximum absolute atomic E-state index is 12.7. The van der Waals surface area contributed by atoms with Gasteiger partial charge in [-0.05, 0) is 36.8 Å². The SMILES string of the molecule is Cc1ccc(Nc2cc(C(F)(F)F)cc(N)n2)cc1Br. The van der Waals surface area contributed by atoms with E-state index in [1.54, 1.807) is 12.1 Å². The van der Waals surface area contributed by atoms with Crippen molar-refractivity contribution < 1.29 is 13.2 Å². The molecule has 0 spiro atoms. The summed E-state index contributed by atoms with van der Waals surface area (Å²) < 4.78 is 38.9. The first-order chi connectivity index (χ1) is 9.25. The molecule has 20 heavy (non-hydrogen) atoms. The van der Waals surface area contributed by atoms with Gasteiger partial charge in [-0.15, -0.1) is 0 Å². The minimum Gasteiger partial charge on any atom is -0.384 e. The number of alkyl halides is 3. The van der Waals surface area contributed by atoms with E-state index in [0.29, 0.717) is 5.69 Å². The van der Waals surface area contributed by atoms with Crippen molar-refractivity contribution in [3.8, 4) is 0 Å². The standard InChI is InChI=1S/C13H11BrF3N3/c1-7-2-3-9(6-10(7)14)19-12-5-8(13(15,16)17)4-11(18)20-12/h2-6H,1H3,(H3,18,19,20). The molecule has 0 saturated heterocycles. The van der Waals surface area contributed by atoms with E-state index < -0.39 is 11.7 Å². The molecule has 1 aromatic heterocycles. The fraction of sp³-hybridized carbons (Fsp3) is 0.154. The lowest BCUT2D eigenvalue weighted by atomic mass is 10.2. The number of halogens is 4. The Kier molecular flexibility index (Phi) is 3.89. The van der Waals surface area contributed by atoms with E-state index in [0.717, 1.165) is 22.2 Å². The molecular formula is C13H11BrF3N3. The van der Waals surface area contributed by atoms with Crippen LogP contribution in [0.15, 0.2) is 34.8 Å². The van der Waals surface area contributed by atoms with Crippen molar-refractivity contribution in [2.45, 2.75) is 13.1 Å². The number of nitrogens with one attached hydrogen (secondary N) is 1. The van der Waals surface area contributed by atoms with Crippen LogP contribution in [0.4, 0.5) is 30.5 Å². The van der Waals surface area contributed by atoms with Crippen molar-refractivity contribution in [1.82, 2.24) is 4.98 Å². The van der Waals surface area contributed by atoms with E-state index in [4.69, 9.17) is 5.73 Å². The number of rotatable bonds is 2. The van der Waals surface area contributed by atoms with Gasteiger partial charge in [0.1, 0.15) is 11.6 Å². The van der Waals surface area contributed by atoms with Gasteiger partial charge >= 0.3 is 6.18 Å². The molecule has 0 aliphatic rings. The van der Waals surface area contributed by atoms with E-state index in [-0.39, 0.29) is 11.6 Å². The number of hydrogen-bond acceptors (Lipinski definition) is 3. The number of nitrogens with zero attached hydrogens (tertiary/aromatic N) is 1. The van der Waals surface area contributed by atoms with Crippen LogP contribution in [0.2, 0.25) is 0 Å². The molecule has 2 aromatic rings. The van der Waals surface area contributed by atoms with Crippen LogP contribution in [-0.2, 0) is 6.18 Å². The van der Waals surface area contributed by atoms with E-state index in [1.165, 1.54) is 0 Å². The zero-order valence-corrected chi connectivity index (χ0v) is 12.0. The number of hydrogen-bond donors (Lipinski definition) is 2. The van der Waals surface area contributed by atoms with Crippen molar-refractivity contribution in [2.75, 3.05) is 11.1 Å². The summed E-state index contributed by atoms with van der Waals surface area (Å²) in [4.78, 5) is 3.85. The Bertz CT molecular complexity index is 641. The molecule has 0 aliphatic heterocycles. The second-order valence-corrected chi connectivity index (χ2v) is 5.11. The highest BCUT2D eigenvalue weighted by atomic mass is 79.9. The summed E-state index contributed by atoms with van der Waals surface area (Å²) in [5.41, 5.74) is 6.21. The van der Waals surface area contributed by atoms with E-state index >= 15 is 0 Å². The van der Waals surface area contributed by atoms with Crippen LogP contribution in [0.3, 0.4) is 0 Å². The molecular weight excluding hydrogens is 335 g/mol. The maximum Gasteiger partial charge on any atom is 0.416 e. The van der Waals surface area contributed by atoms with Crippen LogP contribution in [0.1, 0.15) is 11.1 Å². The molecule has 0 fully saturated rings. The highest BCUT2D eigenvalue weighted by molar-refractivity contribution is 9.10. The molecule has 3 nitrogen and oxygen atoms in total. The molecule has 106 valence electrons. The number of anilines is 3. The van der Waals surface area contributed by atoms with Gasteiger partial charge in [-0.3, -0.25) is 0 Å². The summed E-state index contributed by atoms with van der Waals surface area (Å²) in [7, 11) is 0. The largest absolute Gasteiger partial charge is 0.416 e.